The molecular weight excluding hydrogens is 202 g/mol. The van der Waals surface area contributed by atoms with Crippen molar-refractivity contribution in [2.45, 2.75) is 0 Å². The first kappa shape index (κ1) is 10.8. The second kappa shape index (κ2) is 4.81. The number of hydrogen-bond donors (Lipinski definition) is 1. The van der Waals surface area contributed by atoms with Crippen LogP contribution >= 0.6 is 11.6 Å². The van der Waals surface area contributed by atoms with Crippen LogP contribution < -0.4 is 5.32 Å². The van der Waals surface area contributed by atoms with Crippen molar-refractivity contribution in [1.29, 1.82) is 0 Å². The summed E-state index contributed by atoms with van der Waals surface area (Å²) in [5.74, 6) is 0.510. The van der Waals surface area contributed by atoms with Crippen molar-refractivity contribution in [1.82, 2.24) is 9.88 Å². The highest BCUT2D eigenvalue weighted by Gasteiger charge is 2.05. The topological polar surface area (TPSA) is 45.2 Å². The number of anilines is 1. The predicted molar refractivity (Wildman–Crippen MR) is 56.4 cm³/mol. The van der Waals surface area contributed by atoms with Crippen LogP contribution in [0.5, 0.6) is 0 Å². The van der Waals surface area contributed by atoms with E-state index in [1.165, 1.54) is 4.90 Å². The van der Waals surface area contributed by atoms with Gasteiger partial charge in [-0.3, -0.25) is 4.79 Å². The second-order valence-electron chi connectivity index (χ2n) is 2.98. The van der Waals surface area contributed by atoms with Crippen LogP contribution in [0, 0.1) is 0 Å². The molecule has 0 saturated heterocycles. The van der Waals surface area contributed by atoms with Crippen LogP contribution in [0.4, 0.5) is 5.82 Å². The molecule has 0 aliphatic carbocycles. The summed E-state index contributed by atoms with van der Waals surface area (Å²) in [6.45, 7) is 0.198. The smallest absolute Gasteiger partial charge is 0.241 e. The van der Waals surface area contributed by atoms with Crippen LogP contribution in [0.1, 0.15) is 0 Å². The number of halogens is 1. The number of pyridine rings is 1. The Labute approximate surface area is 87.9 Å². The first-order valence-corrected chi connectivity index (χ1v) is 4.53. The fourth-order valence-corrected chi connectivity index (χ4v) is 1.02. The van der Waals surface area contributed by atoms with Crippen molar-refractivity contribution < 1.29 is 4.79 Å². The molecule has 1 heterocycles. The summed E-state index contributed by atoms with van der Waals surface area (Å²) in [6, 6.07) is 3.46. The van der Waals surface area contributed by atoms with Gasteiger partial charge in [0.25, 0.3) is 0 Å². The Morgan fingerprint density at radius 2 is 2.36 bits per heavy atom. The van der Waals surface area contributed by atoms with E-state index in [4.69, 9.17) is 11.6 Å². The second-order valence-corrected chi connectivity index (χ2v) is 3.38. The zero-order valence-corrected chi connectivity index (χ0v) is 8.88. The average molecular weight is 214 g/mol. The van der Waals surface area contributed by atoms with Gasteiger partial charge in [0.15, 0.2) is 0 Å². The number of amides is 1. The normalized spacial score (nSPS) is 9.64. The maximum atomic E-state index is 11.2. The molecule has 76 valence electrons. The number of nitrogens with zero attached hydrogens (tertiary/aromatic N) is 2. The lowest BCUT2D eigenvalue weighted by Crippen LogP contribution is -2.28. The van der Waals surface area contributed by atoms with E-state index in [2.05, 4.69) is 10.3 Å². The van der Waals surface area contributed by atoms with Crippen molar-refractivity contribution in [3.8, 4) is 0 Å². The summed E-state index contributed by atoms with van der Waals surface area (Å²) in [7, 11) is 3.40. The van der Waals surface area contributed by atoms with Crippen LogP contribution in [0.2, 0.25) is 5.02 Å². The number of carbonyl (C=O) groups is 1. The summed E-state index contributed by atoms with van der Waals surface area (Å²) in [5.41, 5.74) is 0. The molecule has 1 amide bonds. The molecule has 4 nitrogen and oxygen atoms in total. The maximum Gasteiger partial charge on any atom is 0.241 e. The maximum absolute atomic E-state index is 11.2. The monoisotopic (exact) mass is 213 g/mol. The van der Waals surface area contributed by atoms with E-state index in [1.807, 2.05) is 0 Å². The van der Waals surface area contributed by atoms with Crippen molar-refractivity contribution >= 4 is 23.3 Å². The molecule has 1 aromatic rings. The van der Waals surface area contributed by atoms with Gasteiger partial charge in [-0.2, -0.15) is 0 Å². The molecular formula is C9H12ClN3O. The minimum absolute atomic E-state index is 0.0216. The molecule has 0 unspecified atom stereocenters. The average Bonchev–Trinajstić information content (AvgIpc) is 2.16. The van der Waals surface area contributed by atoms with E-state index in [9.17, 15) is 4.79 Å². The van der Waals surface area contributed by atoms with Crippen molar-refractivity contribution in [2.75, 3.05) is 26.0 Å². The molecule has 0 atom stereocenters. The lowest BCUT2D eigenvalue weighted by molar-refractivity contribution is -0.126. The van der Waals surface area contributed by atoms with Crippen molar-refractivity contribution in [2.24, 2.45) is 0 Å². The number of rotatable bonds is 3. The Morgan fingerprint density at radius 1 is 1.64 bits per heavy atom. The molecule has 0 aromatic carbocycles. The first-order chi connectivity index (χ1) is 6.61. The van der Waals surface area contributed by atoms with E-state index in [1.54, 1.807) is 32.4 Å². The van der Waals surface area contributed by atoms with Gasteiger partial charge < -0.3 is 10.2 Å². The molecule has 0 spiro atoms. The molecule has 14 heavy (non-hydrogen) atoms. The van der Waals surface area contributed by atoms with Crippen LogP contribution in [0.3, 0.4) is 0 Å². The van der Waals surface area contributed by atoms with Gasteiger partial charge in [0.05, 0.1) is 11.6 Å². The van der Waals surface area contributed by atoms with E-state index in [0.29, 0.717) is 10.8 Å². The predicted octanol–water partition coefficient (Wildman–Crippen LogP) is 1.24. The molecule has 0 radical (unpaired) electrons. The third-order valence-corrected chi connectivity index (χ3v) is 1.97. The van der Waals surface area contributed by atoms with E-state index in [-0.39, 0.29) is 12.5 Å². The lowest BCUT2D eigenvalue weighted by atomic mass is 10.4. The van der Waals surface area contributed by atoms with Crippen molar-refractivity contribution in [3.05, 3.63) is 23.4 Å². The molecule has 0 aliphatic rings. The quantitative estimate of drug-likeness (QED) is 0.822. The van der Waals surface area contributed by atoms with Gasteiger partial charge in [-0.05, 0) is 12.1 Å². The molecule has 0 saturated carbocycles. The number of carbonyl (C=O) groups excluding carboxylic acids is 1. The Kier molecular flexibility index (Phi) is 3.71. The van der Waals surface area contributed by atoms with Gasteiger partial charge in [0.2, 0.25) is 5.91 Å². The Morgan fingerprint density at radius 3 is 2.93 bits per heavy atom. The first-order valence-electron chi connectivity index (χ1n) is 4.16. The summed E-state index contributed by atoms with van der Waals surface area (Å²) in [5, 5.41) is 3.37. The van der Waals surface area contributed by atoms with E-state index >= 15 is 0 Å². The fraction of sp³-hybridized carbons (Fsp3) is 0.333. The van der Waals surface area contributed by atoms with E-state index in [0.717, 1.165) is 0 Å². The third kappa shape index (κ3) is 2.88. The zero-order valence-electron chi connectivity index (χ0n) is 8.12. The highest BCUT2D eigenvalue weighted by atomic mass is 35.5. The molecule has 1 rings (SSSR count). The number of likely N-dealkylation sites (N-methyl/N-ethyl adjacent to an activating group) is 1. The Hall–Kier alpha value is -1.29. The summed E-state index contributed by atoms with van der Waals surface area (Å²) in [6.07, 6.45) is 1.62. The van der Waals surface area contributed by atoms with E-state index < -0.39 is 0 Å². The largest absolute Gasteiger partial charge is 0.360 e. The number of nitrogens with one attached hydrogen (secondary N) is 1. The van der Waals surface area contributed by atoms with Gasteiger partial charge in [-0.1, -0.05) is 11.6 Å². The fourth-order valence-electron chi connectivity index (χ4n) is 0.833. The molecule has 1 aromatic heterocycles. The Balaban J connectivity index is 2.54. The Bertz CT molecular complexity index is 328. The highest BCUT2D eigenvalue weighted by molar-refractivity contribution is 6.32. The number of hydrogen-bond acceptors (Lipinski definition) is 3. The molecule has 0 bridgehead atoms. The molecule has 0 fully saturated rings. The lowest BCUT2D eigenvalue weighted by Gasteiger charge is -2.11. The van der Waals surface area contributed by atoms with Gasteiger partial charge in [0, 0.05) is 20.3 Å². The van der Waals surface area contributed by atoms with Crippen molar-refractivity contribution in [3.63, 3.8) is 0 Å². The number of aromatic nitrogens is 1. The standard InChI is InChI=1S/C9H12ClN3O/c1-13(2)8(14)6-12-9-7(10)4-3-5-11-9/h3-5H,6H2,1-2H3,(H,11,12). The zero-order chi connectivity index (χ0) is 10.6. The highest BCUT2D eigenvalue weighted by Crippen LogP contribution is 2.16. The minimum Gasteiger partial charge on any atom is -0.360 e. The van der Waals surface area contributed by atoms with Crippen LogP contribution in [0.15, 0.2) is 18.3 Å². The van der Waals surface area contributed by atoms with Crippen LogP contribution in [-0.2, 0) is 4.79 Å². The molecule has 1 N–H and O–H groups in total. The van der Waals surface area contributed by atoms with Gasteiger partial charge >= 0.3 is 0 Å². The minimum atomic E-state index is -0.0216. The summed E-state index contributed by atoms with van der Waals surface area (Å²) >= 11 is 5.84. The van der Waals surface area contributed by atoms with Gasteiger partial charge in [0.1, 0.15) is 5.82 Å². The van der Waals surface area contributed by atoms with Crippen LogP contribution in [0.25, 0.3) is 0 Å². The third-order valence-electron chi connectivity index (χ3n) is 1.66. The molecule has 5 heteroatoms. The van der Waals surface area contributed by atoms with Crippen LogP contribution in [-0.4, -0.2) is 36.4 Å². The summed E-state index contributed by atoms with van der Waals surface area (Å²) < 4.78 is 0. The van der Waals surface area contributed by atoms with Gasteiger partial charge in [-0.25, -0.2) is 4.98 Å². The molecule has 0 aliphatic heterocycles. The summed E-state index contributed by atoms with van der Waals surface area (Å²) in [4.78, 5) is 16.7. The SMILES string of the molecule is CN(C)C(=O)CNc1ncccc1Cl. The van der Waals surface area contributed by atoms with Gasteiger partial charge in [-0.15, -0.1) is 0 Å².